The zero-order chi connectivity index (χ0) is 26.8. The summed E-state index contributed by atoms with van der Waals surface area (Å²) in [4.78, 5) is 17.3. The Balaban J connectivity index is 1.97. The summed E-state index contributed by atoms with van der Waals surface area (Å²) in [6.45, 7) is 4.38. The predicted octanol–water partition coefficient (Wildman–Crippen LogP) is 6.32. The van der Waals surface area contributed by atoms with Crippen LogP contribution in [0.25, 0.3) is 5.57 Å². The molecule has 0 aromatic carbocycles. The number of nitrogens with one attached hydrogen (secondary N) is 1. The summed E-state index contributed by atoms with van der Waals surface area (Å²) in [5.41, 5.74) is 1.57. The van der Waals surface area contributed by atoms with Crippen molar-refractivity contribution in [2.24, 2.45) is 5.92 Å². The zero-order valence-corrected chi connectivity index (χ0v) is 22.4. The molecule has 1 N–H and O–H groups in total. The van der Waals surface area contributed by atoms with E-state index < -0.39 is 12.5 Å². The van der Waals surface area contributed by atoms with Gasteiger partial charge in [-0.3, -0.25) is 10.1 Å². The van der Waals surface area contributed by atoms with Crippen LogP contribution >= 0.6 is 22.9 Å². The van der Waals surface area contributed by atoms with Gasteiger partial charge in [-0.15, -0.1) is 5.10 Å². The minimum Gasteiger partial charge on any atom is -0.469 e. The number of alkyl halides is 2. The van der Waals surface area contributed by atoms with Gasteiger partial charge in [0, 0.05) is 23.7 Å². The molecular formula is C25H29ClF2N4O4S. The number of nitrogens with zero attached hydrogens (tertiary/aromatic N) is 3. The topological polar surface area (TPSA) is 95.5 Å². The molecule has 12 heteroatoms. The number of hydrogen-bond acceptors (Lipinski definition) is 8. The van der Waals surface area contributed by atoms with Crippen LogP contribution in [0.15, 0.2) is 41.6 Å². The summed E-state index contributed by atoms with van der Waals surface area (Å²) in [6, 6.07) is 1.39. The van der Waals surface area contributed by atoms with E-state index in [4.69, 9.17) is 21.1 Å². The van der Waals surface area contributed by atoms with Gasteiger partial charge in [0.1, 0.15) is 5.15 Å². The normalized spacial score (nSPS) is 16.1. The Labute approximate surface area is 223 Å². The molecule has 2 aromatic heterocycles. The van der Waals surface area contributed by atoms with E-state index in [-0.39, 0.29) is 27.2 Å². The quantitative estimate of drug-likeness (QED) is 0.186. The van der Waals surface area contributed by atoms with Crippen LogP contribution in [-0.4, -0.2) is 47.5 Å². The molecule has 200 valence electrons. The first-order chi connectivity index (χ1) is 17.8. The van der Waals surface area contributed by atoms with Gasteiger partial charge >= 0.3 is 6.61 Å². The Morgan fingerprint density at radius 1 is 1.38 bits per heavy atom. The molecule has 37 heavy (non-hydrogen) atoms. The van der Waals surface area contributed by atoms with Crippen molar-refractivity contribution in [1.82, 2.24) is 15.2 Å². The largest absolute Gasteiger partial charge is 0.469 e. The Kier molecular flexibility index (Phi) is 11.0. The first kappa shape index (κ1) is 28.7. The van der Waals surface area contributed by atoms with Crippen LogP contribution in [0.2, 0.25) is 5.15 Å². The number of pyridine rings is 1. The molecule has 1 amide bonds. The highest BCUT2D eigenvalue weighted by molar-refractivity contribution is 7.17. The van der Waals surface area contributed by atoms with Crippen molar-refractivity contribution in [3.05, 3.63) is 52.4 Å². The Bertz CT molecular complexity index is 1160. The summed E-state index contributed by atoms with van der Waals surface area (Å²) in [5.74, 6) is -0.421. The number of aromatic nitrogens is 3. The molecule has 3 heterocycles. The van der Waals surface area contributed by atoms with Gasteiger partial charge in [-0.1, -0.05) is 53.8 Å². The number of unbranched alkanes of at least 4 members (excludes halogenated alkanes) is 1. The maximum Gasteiger partial charge on any atom is 0.387 e. The number of anilines is 1. The van der Waals surface area contributed by atoms with Gasteiger partial charge in [0.15, 0.2) is 5.75 Å². The number of amides is 1. The molecule has 0 spiro atoms. The highest BCUT2D eigenvalue weighted by Gasteiger charge is 2.22. The molecule has 8 nitrogen and oxygen atoms in total. The summed E-state index contributed by atoms with van der Waals surface area (Å²) < 4.78 is 42.0. The van der Waals surface area contributed by atoms with Crippen molar-refractivity contribution in [1.29, 1.82) is 0 Å². The molecular weight excluding hydrogens is 526 g/mol. The second-order valence-corrected chi connectivity index (χ2v) is 9.82. The van der Waals surface area contributed by atoms with E-state index >= 15 is 0 Å². The van der Waals surface area contributed by atoms with Crippen LogP contribution in [0.1, 0.15) is 45.6 Å². The number of allylic oxidation sites excluding steroid dienone is 4. The van der Waals surface area contributed by atoms with Gasteiger partial charge in [-0.05, 0) is 49.7 Å². The van der Waals surface area contributed by atoms with Crippen LogP contribution in [0.5, 0.6) is 10.9 Å². The van der Waals surface area contributed by atoms with Gasteiger partial charge in [0.05, 0.1) is 19.4 Å². The third-order valence-electron chi connectivity index (χ3n) is 5.14. The fraction of sp³-hybridized carbons (Fsp3) is 0.440. The fourth-order valence-electron chi connectivity index (χ4n) is 3.45. The molecule has 1 atom stereocenters. The molecule has 0 bridgehead atoms. The number of carbonyl (C=O) groups excluding carboxylic acids is 1. The average molecular weight is 555 g/mol. The van der Waals surface area contributed by atoms with Crippen molar-refractivity contribution < 1.29 is 27.8 Å². The minimum atomic E-state index is -3.09. The maximum atomic E-state index is 13.5. The molecule has 0 aliphatic carbocycles. The van der Waals surface area contributed by atoms with Gasteiger partial charge in [-0.2, -0.15) is 8.78 Å². The van der Waals surface area contributed by atoms with E-state index in [0.717, 1.165) is 35.9 Å². The first-order valence-electron chi connectivity index (χ1n) is 11.8. The van der Waals surface area contributed by atoms with E-state index in [1.54, 1.807) is 12.2 Å². The smallest absolute Gasteiger partial charge is 0.387 e. The molecule has 3 rings (SSSR count). The third-order valence-corrected chi connectivity index (χ3v) is 6.10. The van der Waals surface area contributed by atoms with Crippen LogP contribution in [0, 0.1) is 5.92 Å². The Morgan fingerprint density at radius 2 is 2.19 bits per heavy atom. The van der Waals surface area contributed by atoms with Gasteiger partial charge in [0.2, 0.25) is 5.13 Å². The molecule has 1 aliphatic heterocycles. The first-order valence-corrected chi connectivity index (χ1v) is 13.0. The lowest BCUT2D eigenvalue weighted by Gasteiger charge is -2.15. The molecule has 2 aromatic rings. The third kappa shape index (κ3) is 8.87. The summed E-state index contributed by atoms with van der Waals surface area (Å²) in [7, 11) is 0. The van der Waals surface area contributed by atoms with E-state index in [2.05, 4.69) is 25.2 Å². The van der Waals surface area contributed by atoms with Gasteiger partial charge < -0.3 is 14.2 Å². The molecule has 1 aliphatic rings. The summed E-state index contributed by atoms with van der Waals surface area (Å²) >= 11 is 7.19. The van der Waals surface area contributed by atoms with Crippen LogP contribution < -0.4 is 14.8 Å². The van der Waals surface area contributed by atoms with E-state index in [1.807, 2.05) is 26.8 Å². The average Bonchev–Trinajstić information content (AvgIpc) is 3.52. The Morgan fingerprint density at radius 3 is 2.86 bits per heavy atom. The van der Waals surface area contributed by atoms with Crippen LogP contribution in [-0.2, 0) is 9.53 Å². The zero-order valence-electron chi connectivity index (χ0n) is 20.8. The number of halogens is 3. The van der Waals surface area contributed by atoms with E-state index in [0.29, 0.717) is 42.9 Å². The summed E-state index contributed by atoms with van der Waals surface area (Å²) in [5, 5.41) is 11.4. The van der Waals surface area contributed by atoms with Gasteiger partial charge in [-0.25, -0.2) is 4.98 Å². The summed E-state index contributed by atoms with van der Waals surface area (Å²) in [6.07, 6.45) is 8.77. The Hall–Kier alpha value is -2.89. The van der Waals surface area contributed by atoms with Gasteiger partial charge in [0.25, 0.3) is 11.1 Å². The molecule has 1 unspecified atom stereocenters. The SMILES string of the molecule is CCC/C=C/C(C(=O)Nc1nnc(OCC2CCOC2)s1)=C(\C=C(C)C)c1cc(Cl)ncc1OC(F)F. The molecule has 1 fully saturated rings. The maximum absolute atomic E-state index is 13.5. The van der Waals surface area contributed by atoms with E-state index in [1.165, 1.54) is 6.07 Å². The van der Waals surface area contributed by atoms with E-state index in [9.17, 15) is 13.6 Å². The molecule has 0 radical (unpaired) electrons. The number of hydrogen-bond donors (Lipinski definition) is 1. The lowest BCUT2D eigenvalue weighted by atomic mass is 9.96. The van der Waals surface area contributed by atoms with Crippen molar-refractivity contribution in [3.8, 4) is 10.9 Å². The lowest BCUT2D eigenvalue weighted by molar-refractivity contribution is -0.112. The predicted molar refractivity (Wildman–Crippen MR) is 139 cm³/mol. The minimum absolute atomic E-state index is 0.0622. The van der Waals surface area contributed by atoms with Crippen molar-refractivity contribution >= 4 is 39.5 Å². The van der Waals surface area contributed by atoms with Crippen LogP contribution in [0.4, 0.5) is 13.9 Å². The second kappa shape index (κ2) is 14.2. The highest BCUT2D eigenvalue weighted by Crippen LogP contribution is 2.34. The monoisotopic (exact) mass is 554 g/mol. The molecule has 0 saturated carbocycles. The van der Waals surface area contributed by atoms with Crippen molar-refractivity contribution in [2.45, 2.75) is 46.6 Å². The lowest BCUT2D eigenvalue weighted by Crippen LogP contribution is -2.15. The number of rotatable bonds is 12. The van der Waals surface area contributed by atoms with Crippen molar-refractivity contribution in [2.75, 3.05) is 25.1 Å². The standard InChI is InChI=1S/C25H29ClF2N4O4S/c1-4-5-6-7-17(18(10-15(2)3)19-11-21(26)29-12-20(19)36-23(27)28)22(33)30-24-31-32-25(37-24)35-14-16-8-9-34-13-16/h6-7,10-12,16,23H,4-5,8-9,13-14H2,1-3H3,(H,30,31,33)/b7-6+,18-17-. The van der Waals surface area contributed by atoms with Crippen molar-refractivity contribution in [3.63, 3.8) is 0 Å². The number of ether oxygens (including phenoxy) is 3. The van der Waals surface area contributed by atoms with Crippen LogP contribution in [0.3, 0.4) is 0 Å². The molecule has 1 saturated heterocycles. The number of carbonyl (C=O) groups is 1. The fourth-order valence-corrected chi connectivity index (χ4v) is 4.21. The highest BCUT2D eigenvalue weighted by atomic mass is 35.5. The second-order valence-electron chi connectivity index (χ2n) is 8.49.